The first-order valence-corrected chi connectivity index (χ1v) is 5.59. The van der Waals surface area contributed by atoms with Gasteiger partial charge in [0.05, 0.1) is 11.1 Å². The van der Waals surface area contributed by atoms with Crippen LogP contribution in [0.4, 0.5) is 4.39 Å². The fourth-order valence-electron chi connectivity index (χ4n) is 1.42. The summed E-state index contributed by atoms with van der Waals surface area (Å²) >= 11 is 5.61. The summed E-state index contributed by atoms with van der Waals surface area (Å²) in [4.78, 5) is 13.4. The van der Waals surface area contributed by atoms with Crippen molar-refractivity contribution in [3.05, 3.63) is 34.6 Å². The highest BCUT2D eigenvalue weighted by molar-refractivity contribution is 6.31. The molecule has 0 atom stereocenters. The summed E-state index contributed by atoms with van der Waals surface area (Å²) in [6.45, 7) is 2.42. The van der Waals surface area contributed by atoms with Gasteiger partial charge in [0.2, 0.25) is 0 Å². The van der Waals surface area contributed by atoms with Crippen LogP contribution in [0.15, 0.2) is 18.2 Å². The number of carbonyl (C=O) groups excluding carboxylic acids is 1. The van der Waals surface area contributed by atoms with Crippen LogP contribution in [-0.2, 0) is 0 Å². The summed E-state index contributed by atoms with van der Waals surface area (Å²) in [6.07, 6.45) is 0.752. The van der Waals surface area contributed by atoms with Gasteiger partial charge in [-0.3, -0.25) is 4.79 Å². The number of hydrogen-bond acceptors (Lipinski definition) is 2. The van der Waals surface area contributed by atoms with Crippen molar-refractivity contribution in [2.24, 2.45) is 0 Å². The van der Waals surface area contributed by atoms with E-state index in [1.54, 1.807) is 0 Å². The topological polar surface area (TPSA) is 44.1 Å². The van der Waals surface area contributed by atoms with Crippen molar-refractivity contribution < 1.29 is 9.18 Å². The Morgan fingerprint density at radius 2 is 2.29 bits per heavy atom. The average Bonchev–Trinajstić information content (AvgIpc) is 2.31. The second kappa shape index (κ2) is 6.21. The Balaban J connectivity index is 2.93. The van der Waals surface area contributed by atoms with Crippen LogP contribution in [0.1, 0.15) is 23.7 Å². The zero-order chi connectivity index (χ0) is 12.8. The quantitative estimate of drug-likeness (QED) is 0.776. The molecule has 5 heteroatoms. The summed E-state index contributed by atoms with van der Waals surface area (Å²) < 4.78 is 13.0. The van der Waals surface area contributed by atoms with E-state index in [1.807, 2.05) is 13.0 Å². The SMILES string of the molecule is CCCN(CC#N)C(=O)c1ccc(F)c(Cl)c1. The van der Waals surface area contributed by atoms with Gasteiger partial charge in [-0.15, -0.1) is 0 Å². The number of amides is 1. The molecule has 17 heavy (non-hydrogen) atoms. The molecular formula is C12H12ClFN2O. The maximum atomic E-state index is 13.0. The van der Waals surface area contributed by atoms with Gasteiger partial charge in [0, 0.05) is 12.1 Å². The van der Waals surface area contributed by atoms with E-state index in [0.717, 1.165) is 12.5 Å². The van der Waals surface area contributed by atoms with Gasteiger partial charge in [0.25, 0.3) is 5.91 Å². The minimum Gasteiger partial charge on any atom is -0.325 e. The lowest BCUT2D eigenvalue weighted by Gasteiger charge is -2.18. The molecule has 90 valence electrons. The second-order valence-electron chi connectivity index (χ2n) is 3.51. The molecule has 1 amide bonds. The third-order valence-corrected chi connectivity index (χ3v) is 2.50. The van der Waals surface area contributed by atoms with Gasteiger partial charge in [-0.2, -0.15) is 5.26 Å². The molecule has 0 aromatic heterocycles. The Kier molecular flexibility index (Phi) is 4.92. The van der Waals surface area contributed by atoms with Crippen molar-refractivity contribution in [3.8, 4) is 6.07 Å². The van der Waals surface area contributed by atoms with Gasteiger partial charge < -0.3 is 4.90 Å². The first-order valence-electron chi connectivity index (χ1n) is 5.21. The van der Waals surface area contributed by atoms with Crippen molar-refractivity contribution in [2.75, 3.05) is 13.1 Å². The molecule has 0 unspecified atom stereocenters. The van der Waals surface area contributed by atoms with E-state index in [2.05, 4.69) is 0 Å². The number of nitrogens with zero attached hydrogens (tertiary/aromatic N) is 2. The number of rotatable bonds is 4. The molecule has 0 N–H and O–H groups in total. The molecule has 1 aromatic rings. The highest BCUT2D eigenvalue weighted by atomic mass is 35.5. The maximum Gasteiger partial charge on any atom is 0.254 e. The lowest BCUT2D eigenvalue weighted by Crippen LogP contribution is -2.32. The third-order valence-electron chi connectivity index (χ3n) is 2.21. The summed E-state index contributed by atoms with van der Waals surface area (Å²) in [6, 6.07) is 5.71. The number of carbonyl (C=O) groups is 1. The van der Waals surface area contributed by atoms with Gasteiger partial charge in [-0.1, -0.05) is 18.5 Å². The average molecular weight is 255 g/mol. The molecular weight excluding hydrogens is 243 g/mol. The summed E-state index contributed by atoms with van der Waals surface area (Å²) in [5.74, 6) is -0.874. The van der Waals surface area contributed by atoms with E-state index in [0.29, 0.717) is 12.1 Å². The van der Waals surface area contributed by atoms with Crippen molar-refractivity contribution >= 4 is 17.5 Å². The van der Waals surface area contributed by atoms with Crippen LogP contribution in [0.5, 0.6) is 0 Å². The van der Waals surface area contributed by atoms with E-state index in [1.165, 1.54) is 17.0 Å². The molecule has 0 fully saturated rings. The molecule has 0 aliphatic heterocycles. The van der Waals surface area contributed by atoms with Crippen molar-refractivity contribution in [3.63, 3.8) is 0 Å². The molecule has 0 saturated carbocycles. The Morgan fingerprint density at radius 1 is 1.59 bits per heavy atom. The Bertz CT molecular complexity index is 456. The summed E-state index contributed by atoms with van der Waals surface area (Å²) in [5, 5.41) is 8.53. The van der Waals surface area contributed by atoms with Gasteiger partial charge in [-0.05, 0) is 24.6 Å². The zero-order valence-electron chi connectivity index (χ0n) is 9.41. The molecule has 0 radical (unpaired) electrons. The predicted octanol–water partition coefficient (Wildman–Crippen LogP) is 2.85. The fourth-order valence-corrected chi connectivity index (χ4v) is 1.60. The Morgan fingerprint density at radius 3 is 2.82 bits per heavy atom. The summed E-state index contributed by atoms with van der Waals surface area (Å²) in [5.41, 5.74) is 0.292. The van der Waals surface area contributed by atoms with Crippen LogP contribution in [0.25, 0.3) is 0 Å². The lowest BCUT2D eigenvalue weighted by molar-refractivity contribution is 0.0776. The van der Waals surface area contributed by atoms with Crippen LogP contribution >= 0.6 is 11.6 Å². The van der Waals surface area contributed by atoms with Crippen LogP contribution in [-0.4, -0.2) is 23.9 Å². The number of nitriles is 1. The van der Waals surface area contributed by atoms with E-state index in [-0.39, 0.29) is 17.5 Å². The highest BCUT2D eigenvalue weighted by Crippen LogP contribution is 2.17. The minimum atomic E-state index is -0.564. The number of benzene rings is 1. The molecule has 0 saturated heterocycles. The third kappa shape index (κ3) is 3.43. The van der Waals surface area contributed by atoms with Gasteiger partial charge in [0.1, 0.15) is 12.4 Å². The zero-order valence-corrected chi connectivity index (χ0v) is 10.2. The normalized spacial score (nSPS) is 9.76. The van der Waals surface area contributed by atoms with Crippen LogP contribution < -0.4 is 0 Å². The van der Waals surface area contributed by atoms with Crippen molar-refractivity contribution in [1.29, 1.82) is 5.26 Å². The molecule has 0 spiro atoms. The second-order valence-corrected chi connectivity index (χ2v) is 3.92. The summed E-state index contributed by atoms with van der Waals surface area (Å²) in [7, 11) is 0. The highest BCUT2D eigenvalue weighted by Gasteiger charge is 2.15. The van der Waals surface area contributed by atoms with Gasteiger partial charge in [0.15, 0.2) is 0 Å². The van der Waals surface area contributed by atoms with Crippen LogP contribution in [0, 0.1) is 17.1 Å². The first kappa shape index (κ1) is 13.5. The Labute approximate surface area is 104 Å². The molecule has 3 nitrogen and oxygen atoms in total. The number of hydrogen-bond donors (Lipinski definition) is 0. The largest absolute Gasteiger partial charge is 0.325 e. The molecule has 0 heterocycles. The van der Waals surface area contributed by atoms with Gasteiger partial charge >= 0.3 is 0 Å². The van der Waals surface area contributed by atoms with E-state index in [4.69, 9.17) is 16.9 Å². The van der Waals surface area contributed by atoms with Gasteiger partial charge in [-0.25, -0.2) is 4.39 Å². The van der Waals surface area contributed by atoms with Crippen molar-refractivity contribution in [2.45, 2.75) is 13.3 Å². The lowest BCUT2D eigenvalue weighted by atomic mass is 10.2. The standard InChI is InChI=1S/C12H12ClFN2O/c1-2-6-16(7-5-15)12(17)9-3-4-11(14)10(13)8-9/h3-4,8H,2,6-7H2,1H3. The van der Waals surface area contributed by atoms with E-state index in [9.17, 15) is 9.18 Å². The first-order chi connectivity index (χ1) is 8.10. The molecule has 0 aliphatic carbocycles. The Hall–Kier alpha value is -1.60. The maximum absolute atomic E-state index is 13.0. The smallest absolute Gasteiger partial charge is 0.254 e. The van der Waals surface area contributed by atoms with Crippen molar-refractivity contribution in [1.82, 2.24) is 4.90 Å². The molecule has 1 aromatic carbocycles. The van der Waals surface area contributed by atoms with Crippen LogP contribution in [0.3, 0.4) is 0 Å². The molecule has 1 rings (SSSR count). The van der Waals surface area contributed by atoms with E-state index < -0.39 is 5.82 Å². The monoisotopic (exact) mass is 254 g/mol. The van der Waals surface area contributed by atoms with Crippen LogP contribution in [0.2, 0.25) is 5.02 Å². The molecule has 0 aliphatic rings. The number of halogens is 2. The minimum absolute atomic E-state index is 0.0155. The fraction of sp³-hybridized carbons (Fsp3) is 0.333. The molecule has 0 bridgehead atoms. The predicted molar refractivity (Wildman–Crippen MR) is 63.2 cm³/mol. The van der Waals surface area contributed by atoms with E-state index >= 15 is 0 Å².